The molecular formula is C20H27N3O3S. The third-order valence-corrected chi connectivity index (χ3v) is 5.45. The molecule has 0 saturated carbocycles. The first kappa shape index (κ1) is 20.9. The van der Waals surface area contributed by atoms with Crippen LogP contribution in [0.15, 0.2) is 48.5 Å². The summed E-state index contributed by atoms with van der Waals surface area (Å²) in [5, 5.41) is 2.81. The lowest BCUT2D eigenvalue weighted by Gasteiger charge is -2.20. The van der Waals surface area contributed by atoms with Gasteiger partial charge in [-0.3, -0.25) is 4.79 Å². The number of rotatable bonds is 8. The fraction of sp³-hybridized carbons (Fsp3) is 0.350. The second-order valence-corrected chi connectivity index (χ2v) is 8.80. The van der Waals surface area contributed by atoms with Crippen LogP contribution < -0.4 is 10.2 Å². The Morgan fingerprint density at radius 3 is 2.11 bits per heavy atom. The van der Waals surface area contributed by atoms with Crippen molar-refractivity contribution in [3.8, 4) is 0 Å². The van der Waals surface area contributed by atoms with E-state index in [1.54, 1.807) is 0 Å². The zero-order valence-corrected chi connectivity index (χ0v) is 17.1. The largest absolute Gasteiger partial charge is 0.378 e. The molecule has 6 nitrogen and oxygen atoms in total. The average molecular weight is 390 g/mol. The number of hydrogen-bond donors (Lipinski definition) is 1. The smallest absolute Gasteiger partial charge is 0.225 e. The summed E-state index contributed by atoms with van der Waals surface area (Å²) in [6.07, 6.45) is 1.26. The molecule has 0 aliphatic rings. The van der Waals surface area contributed by atoms with Gasteiger partial charge in [-0.15, -0.1) is 0 Å². The third-order valence-electron chi connectivity index (χ3n) is 4.20. The minimum atomic E-state index is -3.41. The normalized spacial score (nSPS) is 11.4. The fourth-order valence-electron chi connectivity index (χ4n) is 2.55. The lowest BCUT2D eigenvalue weighted by atomic mass is 10.1. The Morgan fingerprint density at radius 1 is 1.00 bits per heavy atom. The first-order valence-electron chi connectivity index (χ1n) is 8.73. The number of carbonyl (C=O) groups excluding carboxylic acids is 1. The molecule has 0 heterocycles. The van der Waals surface area contributed by atoms with Crippen LogP contribution in [0, 0.1) is 6.92 Å². The average Bonchev–Trinajstić information content (AvgIpc) is 2.59. The monoisotopic (exact) mass is 389 g/mol. The van der Waals surface area contributed by atoms with Crippen LogP contribution in [-0.4, -0.2) is 45.5 Å². The molecule has 0 bridgehead atoms. The van der Waals surface area contributed by atoms with Crippen molar-refractivity contribution in [3.63, 3.8) is 0 Å². The summed E-state index contributed by atoms with van der Waals surface area (Å²) in [6, 6.07) is 15.2. The van der Waals surface area contributed by atoms with Crippen LogP contribution in [0.2, 0.25) is 0 Å². The van der Waals surface area contributed by atoms with Crippen molar-refractivity contribution in [3.05, 3.63) is 59.7 Å². The highest BCUT2D eigenvalue weighted by atomic mass is 32.2. The molecule has 0 saturated heterocycles. The molecule has 1 N–H and O–H groups in total. The van der Waals surface area contributed by atoms with Crippen molar-refractivity contribution < 1.29 is 13.2 Å². The quantitative estimate of drug-likeness (QED) is 0.754. The Kier molecular flexibility index (Phi) is 6.98. The molecule has 2 rings (SSSR count). The Hall–Kier alpha value is -2.38. The Morgan fingerprint density at radius 2 is 1.59 bits per heavy atom. The van der Waals surface area contributed by atoms with Gasteiger partial charge in [-0.2, -0.15) is 4.31 Å². The maximum absolute atomic E-state index is 12.2. The summed E-state index contributed by atoms with van der Waals surface area (Å²) < 4.78 is 25.5. The van der Waals surface area contributed by atoms with E-state index in [1.807, 2.05) is 74.4 Å². The third kappa shape index (κ3) is 6.69. The van der Waals surface area contributed by atoms with E-state index in [0.717, 1.165) is 16.8 Å². The number of hydrogen-bond acceptors (Lipinski definition) is 4. The molecule has 7 heteroatoms. The van der Waals surface area contributed by atoms with Gasteiger partial charge >= 0.3 is 0 Å². The lowest BCUT2D eigenvalue weighted by molar-refractivity contribution is -0.116. The molecule has 0 atom stereocenters. The van der Waals surface area contributed by atoms with E-state index in [-0.39, 0.29) is 25.4 Å². The first-order valence-corrected chi connectivity index (χ1v) is 10.6. The number of sulfonamides is 1. The van der Waals surface area contributed by atoms with Gasteiger partial charge in [0.1, 0.15) is 0 Å². The van der Waals surface area contributed by atoms with E-state index >= 15 is 0 Å². The van der Waals surface area contributed by atoms with Gasteiger partial charge in [-0.1, -0.05) is 29.8 Å². The molecule has 0 spiro atoms. The highest BCUT2D eigenvalue weighted by Crippen LogP contribution is 2.16. The Labute approximate surface area is 161 Å². The van der Waals surface area contributed by atoms with E-state index in [2.05, 4.69) is 5.32 Å². The molecule has 0 unspecified atom stereocenters. The summed E-state index contributed by atoms with van der Waals surface area (Å²) in [4.78, 5) is 14.2. The van der Waals surface area contributed by atoms with E-state index in [0.29, 0.717) is 5.69 Å². The molecule has 0 aromatic heterocycles. The minimum Gasteiger partial charge on any atom is -0.378 e. The molecule has 0 aliphatic heterocycles. The van der Waals surface area contributed by atoms with Gasteiger partial charge < -0.3 is 10.2 Å². The van der Waals surface area contributed by atoms with E-state index < -0.39 is 10.0 Å². The maximum atomic E-state index is 12.2. The molecule has 0 fully saturated rings. The zero-order chi connectivity index (χ0) is 20.0. The Balaban J connectivity index is 1.95. The van der Waals surface area contributed by atoms with E-state index in [1.165, 1.54) is 10.6 Å². The van der Waals surface area contributed by atoms with Gasteiger partial charge in [-0.25, -0.2) is 8.42 Å². The van der Waals surface area contributed by atoms with Crippen molar-refractivity contribution in [2.75, 3.05) is 37.1 Å². The van der Waals surface area contributed by atoms with Gasteiger partial charge in [-0.05, 0) is 36.8 Å². The summed E-state index contributed by atoms with van der Waals surface area (Å²) in [7, 11) is 0.483. The molecule has 2 aromatic carbocycles. The number of carbonyl (C=O) groups is 1. The standard InChI is InChI=1S/C20H27N3O3S/c1-16-5-7-17(8-6-16)15-23(27(4,25)26)14-13-20(24)21-18-9-11-19(12-10-18)22(2)3/h5-12H,13-15H2,1-4H3,(H,21,24). The van der Waals surface area contributed by atoms with Crippen LogP contribution in [0.1, 0.15) is 17.5 Å². The Bertz CT molecular complexity index is 860. The number of benzene rings is 2. The van der Waals surface area contributed by atoms with Gasteiger partial charge in [0.2, 0.25) is 15.9 Å². The van der Waals surface area contributed by atoms with E-state index in [4.69, 9.17) is 0 Å². The molecular weight excluding hydrogens is 362 g/mol. The predicted molar refractivity (Wildman–Crippen MR) is 110 cm³/mol. The van der Waals surface area contributed by atoms with Crippen molar-refractivity contribution in [1.29, 1.82) is 0 Å². The van der Waals surface area contributed by atoms with Crippen molar-refractivity contribution >= 4 is 27.3 Å². The highest BCUT2D eigenvalue weighted by molar-refractivity contribution is 7.88. The van der Waals surface area contributed by atoms with Crippen LogP contribution in [0.25, 0.3) is 0 Å². The van der Waals surface area contributed by atoms with Crippen molar-refractivity contribution in [2.45, 2.75) is 19.9 Å². The van der Waals surface area contributed by atoms with Gasteiger partial charge in [0, 0.05) is 45.0 Å². The summed E-state index contributed by atoms with van der Waals surface area (Å²) in [5.41, 5.74) is 3.74. The van der Waals surface area contributed by atoms with Crippen LogP contribution in [0.5, 0.6) is 0 Å². The van der Waals surface area contributed by atoms with Gasteiger partial charge in [0.15, 0.2) is 0 Å². The number of aryl methyl sites for hydroxylation is 1. The molecule has 27 heavy (non-hydrogen) atoms. The molecule has 0 aliphatic carbocycles. The predicted octanol–water partition coefficient (Wildman–Crippen LogP) is 2.85. The first-order chi connectivity index (χ1) is 12.6. The maximum Gasteiger partial charge on any atom is 0.225 e. The number of nitrogens with one attached hydrogen (secondary N) is 1. The number of nitrogens with zero attached hydrogens (tertiary/aromatic N) is 2. The summed E-state index contributed by atoms with van der Waals surface area (Å²) in [6.45, 7) is 2.37. The molecule has 146 valence electrons. The summed E-state index contributed by atoms with van der Waals surface area (Å²) in [5.74, 6) is -0.217. The second-order valence-electron chi connectivity index (χ2n) is 6.82. The van der Waals surface area contributed by atoms with Crippen LogP contribution in [0.3, 0.4) is 0 Å². The molecule has 2 aromatic rings. The summed E-state index contributed by atoms with van der Waals surface area (Å²) >= 11 is 0. The van der Waals surface area contributed by atoms with Gasteiger partial charge in [0.25, 0.3) is 0 Å². The minimum absolute atomic E-state index is 0.0916. The van der Waals surface area contributed by atoms with Crippen molar-refractivity contribution in [2.24, 2.45) is 0 Å². The molecule has 1 amide bonds. The number of amides is 1. The van der Waals surface area contributed by atoms with Crippen LogP contribution >= 0.6 is 0 Å². The van der Waals surface area contributed by atoms with Crippen LogP contribution in [-0.2, 0) is 21.4 Å². The highest BCUT2D eigenvalue weighted by Gasteiger charge is 2.18. The number of anilines is 2. The fourth-order valence-corrected chi connectivity index (χ4v) is 3.36. The topological polar surface area (TPSA) is 69.7 Å². The SMILES string of the molecule is Cc1ccc(CN(CCC(=O)Nc2ccc(N(C)C)cc2)S(C)(=O)=O)cc1. The van der Waals surface area contributed by atoms with Crippen molar-refractivity contribution in [1.82, 2.24) is 4.31 Å². The van der Waals surface area contributed by atoms with Gasteiger partial charge in [0.05, 0.1) is 6.26 Å². The second kappa shape index (κ2) is 9.01. The molecule has 0 radical (unpaired) electrons. The van der Waals surface area contributed by atoms with E-state index in [9.17, 15) is 13.2 Å². The van der Waals surface area contributed by atoms with Crippen LogP contribution in [0.4, 0.5) is 11.4 Å². The lowest BCUT2D eigenvalue weighted by Crippen LogP contribution is -2.32. The zero-order valence-electron chi connectivity index (χ0n) is 16.3.